The molecule has 2 heterocycles. The van der Waals surface area contributed by atoms with Gasteiger partial charge in [0, 0.05) is 21.6 Å². The molecule has 1 amide bonds. The Kier molecular flexibility index (Phi) is 3.76. The standard InChI is InChI=1S/C15H12BrN3O2S/c1-7-5-10(20)19-15-11(7)12(17)13(22-15)14(21)18-9-4-2-3-8(16)6-9/h2-6H,17H2,1H3,(H,18,21)(H,19,20). The van der Waals surface area contributed by atoms with Crippen molar-refractivity contribution in [2.45, 2.75) is 6.92 Å². The molecular weight excluding hydrogens is 366 g/mol. The van der Waals surface area contributed by atoms with E-state index in [0.717, 1.165) is 15.4 Å². The summed E-state index contributed by atoms with van der Waals surface area (Å²) in [6.45, 7) is 1.80. The van der Waals surface area contributed by atoms with Gasteiger partial charge in [0.15, 0.2) is 0 Å². The largest absolute Gasteiger partial charge is 0.397 e. The Labute approximate surface area is 138 Å². The molecule has 0 aliphatic carbocycles. The van der Waals surface area contributed by atoms with E-state index in [1.54, 1.807) is 19.1 Å². The molecule has 4 N–H and O–H groups in total. The molecule has 7 heteroatoms. The fourth-order valence-corrected chi connectivity index (χ4v) is 3.75. The van der Waals surface area contributed by atoms with E-state index in [9.17, 15) is 9.59 Å². The molecule has 0 saturated carbocycles. The number of H-pyrrole nitrogens is 1. The van der Waals surface area contributed by atoms with E-state index >= 15 is 0 Å². The predicted octanol–water partition coefficient (Wildman–Crippen LogP) is 3.50. The van der Waals surface area contributed by atoms with Crippen molar-refractivity contribution in [3.8, 4) is 0 Å². The number of hydrogen-bond acceptors (Lipinski definition) is 4. The van der Waals surface area contributed by atoms with Crippen LogP contribution in [-0.2, 0) is 0 Å². The van der Waals surface area contributed by atoms with Crippen LogP contribution in [0.15, 0.2) is 39.6 Å². The number of aryl methyl sites for hydroxylation is 1. The molecule has 0 spiro atoms. The maximum atomic E-state index is 12.4. The van der Waals surface area contributed by atoms with Gasteiger partial charge in [-0.1, -0.05) is 22.0 Å². The number of pyridine rings is 1. The van der Waals surface area contributed by atoms with Crippen LogP contribution in [0.5, 0.6) is 0 Å². The maximum Gasteiger partial charge on any atom is 0.267 e. The number of fused-ring (bicyclic) bond motifs is 1. The predicted molar refractivity (Wildman–Crippen MR) is 93.7 cm³/mol. The van der Waals surface area contributed by atoms with E-state index < -0.39 is 0 Å². The number of hydrogen-bond donors (Lipinski definition) is 3. The Morgan fingerprint density at radius 2 is 2.14 bits per heavy atom. The molecule has 0 aliphatic heterocycles. The number of anilines is 2. The topological polar surface area (TPSA) is 88.0 Å². The van der Waals surface area contributed by atoms with Gasteiger partial charge in [-0.3, -0.25) is 9.59 Å². The summed E-state index contributed by atoms with van der Waals surface area (Å²) < 4.78 is 0.870. The lowest BCUT2D eigenvalue weighted by Gasteiger charge is -2.04. The highest BCUT2D eigenvalue weighted by Gasteiger charge is 2.18. The maximum absolute atomic E-state index is 12.4. The Bertz CT molecular complexity index is 946. The highest BCUT2D eigenvalue weighted by Crippen LogP contribution is 2.34. The first kappa shape index (κ1) is 14.8. The van der Waals surface area contributed by atoms with Gasteiger partial charge < -0.3 is 16.0 Å². The smallest absolute Gasteiger partial charge is 0.267 e. The van der Waals surface area contributed by atoms with Crippen molar-refractivity contribution in [3.63, 3.8) is 0 Å². The van der Waals surface area contributed by atoms with Crippen LogP contribution in [0.25, 0.3) is 10.2 Å². The molecule has 112 valence electrons. The van der Waals surface area contributed by atoms with Gasteiger partial charge in [0.05, 0.1) is 5.69 Å². The Hall–Kier alpha value is -2.12. The lowest BCUT2D eigenvalue weighted by Crippen LogP contribution is -2.11. The van der Waals surface area contributed by atoms with Crippen molar-refractivity contribution in [2.75, 3.05) is 11.1 Å². The van der Waals surface area contributed by atoms with E-state index in [-0.39, 0.29) is 11.5 Å². The van der Waals surface area contributed by atoms with E-state index in [1.165, 1.54) is 17.4 Å². The average Bonchev–Trinajstić information content (AvgIpc) is 2.76. The molecule has 2 aromatic heterocycles. The second-order valence-corrected chi connectivity index (χ2v) is 6.77. The van der Waals surface area contributed by atoms with Crippen LogP contribution in [-0.4, -0.2) is 10.9 Å². The van der Waals surface area contributed by atoms with Gasteiger partial charge in [-0.15, -0.1) is 11.3 Å². The van der Waals surface area contributed by atoms with Gasteiger partial charge in [0.1, 0.15) is 9.71 Å². The number of benzene rings is 1. The minimum absolute atomic E-state index is 0.204. The second kappa shape index (κ2) is 5.58. The molecule has 0 bridgehead atoms. The van der Waals surface area contributed by atoms with Crippen molar-refractivity contribution in [1.82, 2.24) is 4.98 Å². The van der Waals surface area contributed by atoms with Gasteiger partial charge >= 0.3 is 0 Å². The van der Waals surface area contributed by atoms with Gasteiger partial charge in [-0.25, -0.2) is 0 Å². The van der Waals surface area contributed by atoms with Crippen LogP contribution >= 0.6 is 27.3 Å². The average molecular weight is 378 g/mol. The molecule has 0 saturated heterocycles. The number of nitrogen functional groups attached to an aromatic ring is 1. The number of aromatic amines is 1. The van der Waals surface area contributed by atoms with Crippen molar-refractivity contribution >= 4 is 54.8 Å². The highest BCUT2D eigenvalue weighted by atomic mass is 79.9. The number of nitrogens with one attached hydrogen (secondary N) is 2. The lowest BCUT2D eigenvalue weighted by molar-refractivity contribution is 0.103. The highest BCUT2D eigenvalue weighted by molar-refractivity contribution is 9.10. The van der Waals surface area contributed by atoms with Gasteiger partial charge in [-0.2, -0.15) is 0 Å². The summed E-state index contributed by atoms with van der Waals surface area (Å²) in [5.74, 6) is -0.294. The minimum Gasteiger partial charge on any atom is -0.397 e. The normalized spacial score (nSPS) is 10.8. The van der Waals surface area contributed by atoms with Gasteiger partial charge in [-0.05, 0) is 30.7 Å². The van der Waals surface area contributed by atoms with E-state index in [2.05, 4.69) is 26.2 Å². The molecule has 3 aromatic rings. The first-order chi connectivity index (χ1) is 10.5. The Morgan fingerprint density at radius 3 is 2.86 bits per heavy atom. The van der Waals surface area contributed by atoms with Crippen molar-refractivity contribution in [3.05, 3.63) is 55.6 Å². The molecule has 0 unspecified atom stereocenters. The van der Waals surface area contributed by atoms with Crippen molar-refractivity contribution < 1.29 is 4.79 Å². The number of amides is 1. The Morgan fingerprint density at radius 1 is 1.36 bits per heavy atom. The first-order valence-electron chi connectivity index (χ1n) is 6.44. The van der Waals surface area contributed by atoms with Crippen LogP contribution in [0.3, 0.4) is 0 Å². The number of halogens is 1. The summed E-state index contributed by atoms with van der Waals surface area (Å²) in [5, 5.41) is 3.53. The monoisotopic (exact) mass is 377 g/mol. The SMILES string of the molecule is Cc1cc(=O)[nH]c2sc(C(=O)Nc3cccc(Br)c3)c(N)c12. The number of carbonyl (C=O) groups excluding carboxylic acids is 1. The van der Waals surface area contributed by atoms with Gasteiger partial charge in [0.2, 0.25) is 5.56 Å². The number of carbonyl (C=O) groups is 1. The number of aromatic nitrogens is 1. The van der Waals surface area contributed by atoms with Crippen molar-refractivity contribution in [1.29, 1.82) is 0 Å². The number of thiophene rings is 1. The molecule has 22 heavy (non-hydrogen) atoms. The summed E-state index contributed by atoms with van der Waals surface area (Å²) in [6, 6.07) is 8.77. The zero-order valence-corrected chi connectivity index (χ0v) is 14.0. The third-order valence-electron chi connectivity index (χ3n) is 3.21. The Balaban J connectivity index is 2.03. The minimum atomic E-state index is -0.294. The molecular formula is C15H12BrN3O2S. The molecule has 1 aromatic carbocycles. The van der Waals surface area contributed by atoms with Crippen LogP contribution in [0.1, 0.15) is 15.2 Å². The van der Waals surface area contributed by atoms with E-state index in [1.807, 2.05) is 12.1 Å². The third kappa shape index (κ3) is 2.65. The number of rotatable bonds is 2. The molecule has 0 fully saturated rings. The molecule has 3 rings (SSSR count). The fourth-order valence-electron chi connectivity index (χ4n) is 2.26. The summed E-state index contributed by atoms with van der Waals surface area (Å²) in [6.07, 6.45) is 0. The van der Waals surface area contributed by atoms with E-state index in [4.69, 9.17) is 5.73 Å². The number of nitrogens with two attached hydrogens (primary N) is 1. The van der Waals surface area contributed by atoms with Crippen LogP contribution in [0.2, 0.25) is 0 Å². The van der Waals surface area contributed by atoms with Crippen LogP contribution in [0, 0.1) is 6.92 Å². The molecule has 0 aliphatic rings. The zero-order chi connectivity index (χ0) is 15.9. The van der Waals surface area contributed by atoms with Gasteiger partial charge in [0.25, 0.3) is 5.91 Å². The molecule has 0 atom stereocenters. The summed E-state index contributed by atoms with van der Waals surface area (Å²) in [5.41, 5.74) is 7.71. The van der Waals surface area contributed by atoms with Crippen LogP contribution in [0.4, 0.5) is 11.4 Å². The quantitative estimate of drug-likeness (QED) is 0.638. The van der Waals surface area contributed by atoms with Crippen LogP contribution < -0.4 is 16.6 Å². The van der Waals surface area contributed by atoms with E-state index in [0.29, 0.717) is 21.1 Å². The van der Waals surface area contributed by atoms with Crippen molar-refractivity contribution in [2.24, 2.45) is 0 Å². The third-order valence-corrected chi connectivity index (χ3v) is 4.83. The summed E-state index contributed by atoms with van der Waals surface area (Å²) >= 11 is 4.53. The molecule has 5 nitrogen and oxygen atoms in total. The second-order valence-electron chi connectivity index (χ2n) is 4.83. The zero-order valence-electron chi connectivity index (χ0n) is 11.6. The summed E-state index contributed by atoms with van der Waals surface area (Å²) in [4.78, 5) is 27.7. The fraction of sp³-hybridized carbons (Fsp3) is 0.0667. The first-order valence-corrected chi connectivity index (χ1v) is 8.05. The summed E-state index contributed by atoms with van der Waals surface area (Å²) in [7, 11) is 0. The lowest BCUT2D eigenvalue weighted by atomic mass is 10.1. The molecule has 0 radical (unpaired) electrons.